The van der Waals surface area contributed by atoms with Gasteiger partial charge in [0.15, 0.2) is 0 Å². The van der Waals surface area contributed by atoms with Crippen molar-refractivity contribution in [2.45, 2.75) is 19.4 Å². The molecular weight excluding hydrogens is 302 g/mol. The van der Waals surface area contributed by atoms with E-state index in [-0.39, 0.29) is 5.91 Å². The minimum Gasteiger partial charge on any atom is -0.467 e. The van der Waals surface area contributed by atoms with Crippen molar-refractivity contribution in [2.24, 2.45) is 0 Å². The average Bonchev–Trinajstić information content (AvgIpc) is 3.15. The van der Waals surface area contributed by atoms with Gasteiger partial charge in [-0.25, -0.2) is 0 Å². The second-order valence-corrected chi connectivity index (χ2v) is 6.12. The zero-order chi connectivity index (χ0) is 16.6. The Morgan fingerprint density at radius 1 is 1.04 bits per heavy atom. The fraction of sp³-hybridized carbons (Fsp3) is 0.421. The summed E-state index contributed by atoms with van der Waals surface area (Å²) < 4.78 is 5.20. The van der Waals surface area contributed by atoms with Gasteiger partial charge in [0.25, 0.3) is 0 Å². The van der Waals surface area contributed by atoms with Crippen molar-refractivity contribution >= 4 is 11.6 Å². The topological polar surface area (TPSA) is 48.7 Å². The normalized spacial score (nSPS) is 15.4. The van der Waals surface area contributed by atoms with E-state index in [1.165, 1.54) is 5.69 Å². The Morgan fingerprint density at radius 2 is 1.83 bits per heavy atom. The standard InChI is InChI=1S/C19H25N3O2/c23-19(20-16-18-8-5-15-24-18)9-4-10-21-11-13-22(14-12-21)17-6-2-1-3-7-17/h1-3,5-8,15H,4,9-14,16H2,(H,20,23). The molecule has 24 heavy (non-hydrogen) atoms. The molecule has 0 unspecified atom stereocenters. The van der Waals surface area contributed by atoms with E-state index in [0.29, 0.717) is 13.0 Å². The van der Waals surface area contributed by atoms with E-state index in [1.54, 1.807) is 6.26 Å². The van der Waals surface area contributed by atoms with E-state index in [0.717, 1.165) is 44.9 Å². The third-order valence-electron chi connectivity index (χ3n) is 4.41. The van der Waals surface area contributed by atoms with Crippen LogP contribution in [0, 0.1) is 0 Å². The Morgan fingerprint density at radius 3 is 2.54 bits per heavy atom. The first kappa shape index (κ1) is 16.6. The van der Waals surface area contributed by atoms with Crippen LogP contribution in [0.25, 0.3) is 0 Å². The largest absolute Gasteiger partial charge is 0.467 e. The van der Waals surface area contributed by atoms with Crippen molar-refractivity contribution in [3.8, 4) is 0 Å². The summed E-state index contributed by atoms with van der Waals surface area (Å²) in [7, 11) is 0. The molecule has 2 heterocycles. The lowest BCUT2D eigenvalue weighted by Crippen LogP contribution is -2.46. The van der Waals surface area contributed by atoms with Gasteiger partial charge in [-0.05, 0) is 37.2 Å². The van der Waals surface area contributed by atoms with Crippen LogP contribution in [0.4, 0.5) is 5.69 Å². The lowest BCUT2D eigenvalue weighted by atomic mass is 10.2. The third-order valence-corrected chi connectivity index (χ3v) is 4.41. The fourth-order valence-electron chi connectivity index (χ4n) is 3.02. The van der Waals surface area contributed by atoms with Gasteiger partial charge in [0.1, 0.15) is 5.76 Å². The molecule has 3 rings (SSSR count). The molecule has 1 amide bonds. The lowest BCUT2D eigenvalue weighted by Gasteiger charge is -2.36. The second-order valence-electron chi connectivity index (χ2n) is 6.12. The molecule has 2 aromatic rings. The lowest BCUT2D eigenvalue weighted by molar-refractivity contribution is -0.121. The van der Waals surface area contributed by atoms with Crippen LogP contribution < -0.4 is 10.2 Å². The Kier molecular flexibility index (Phi) is 5.90. The number of nitrogens with one attached hydrogen (secondary N) is 1. The van der Waals surface area contributed by atoms with Crippen LogP contribution in [0.3, 0.4) is 0 Å². The van der Waals surface area contributed by atoms with Crippen molar-refractivity contribution in [3.05, 3.63) is 54.5 Å². The molecule has 0 radical (unpaired) electrons. The first-order valence-corrected chi connectivity index (χ1v) is 8.63. The Hall–Kier alpha value is -2.27. The molecule has 1 aliphatic rings. The summed E-state index contributed by atoms with van der Waals surface area (Å²) >= 11 is 0. The fourth-order valence-corrected chi connectivity index (χ4v) is 3.02. The summed E-state index contributed by atoms with van der Waals surface area (Å²) in [6, 6.07) is 14.3. The Labute approximate surface area is 143 Å². The van der Waals surface area contributed by atoms with E-state index in [4.69, 9.17) is 4.42 Å². The first-order valence-electron chi connectivity index (χ1n) is 8.63. The summed E-state index contributed by atoms with van der Waals surface area (Å²) in [6.45, 7) is 5.67. The molecule has 128 valence electrons. The highest BCUT2D eigenvalue weighted by Gasteiger charge is 2.16. The first-order chi connectivity index (χ1) is 11.8. The Balaban J connectivity index is 1.30. The molecule has 0 aliphatic carbocycles. The van der Waals surface area contributed by atoms with Crippen LogP contribution in [0.2, 0.25) is 0 Å². The van der Waals surface area contributed by atoms with Crippen LogP contribution in [-0.4, -0.2) is 43.5 Å². The molecule has 1 aromatic heterocycles. The quantitative estimate of drug-likeness (QED) is 0.849. The van der Waals surface area contributed by atoms with Gasteiger partial charge in [-0.1, -0.05) is 18.2 Å². The maximum absolute atomic E-state index is 11.8. The minimum atomic E-state index is 0.0920. The number of hydrogen-bond acceptors (Lipinski definition) is 4. The number of amides is 1. The van der Waals surface area contributed by atoms with Gasteiger partial charge in [-0.15, -0.1) is 0 Å². The van der Waals surface area contributed by atoms with E-state index in [2.05, 4.69) is 45.4 Å². The average molecular weight is 327 g/mol. The highest BCUT2D eigenvalue weighted by Crippen LogP contribution is 2.15. The van der Waals surface area contributed by atoms with Crippen LogP contribution in [0.1, 0.15) is 18.6 Å². The summed E-state index contributed by atoms with van der Waals surface area (Å²) in [5, 5.41) is 2.89. The van der Waals surface area contributed by atoms with Gasteiger partial charge in [0.2, 0.25) is 5.91 Å². The predicted molar refractivity (Wildman–Crippen MR) is 94.9 cm³/mol. The second kappa shape index (κ2) is 8.55. The van der Waals surface area contributed by atoms with E-state index >= 15 is 0 Å². The van der Waals surface area contributed by atoms with Crippen molar-refractivity contribution in [2.75, 3.05) is 37.6 Å². The SMILES string of the molecule is O=C(CCCN1CCN(c2ccccc2)CC1)NCc1ccco1. The number of carbonyl (C=O) groups is 1. The van der Waals surface area contributed by atoms with Gasteiger partial charge in [0.05, 0.1) is 12.8 Å². The number of furan rings is 1. The molecule has 0 spiro atoms. The molecule has 1 aromatic carbocycles. The summed E-state index contributed by atoms with van der Waals surface area (Å²) in [4.78, 5) is 16.7. The van der Waals surface area contributed by atoms with Crippen LogP contribution in [0.15, 0.2) is 53.1 Å². The van der Waals surface area contributed by atoms with E-state index < -0.39 is 0 Å². The number of benzene rings is 1. The zero-order valence-electron chi connectivity index (χ0n) is 14.0. The molecule has 1 N–H and O–H groups in total. The summed E-state index contributed by atoms with van der Waals surface area (Å²) in [5.41, 5.74) is 1.30. The molecule has 1 fully saturated rings. The van der Waals surface area contributed by atoms with Gasteiger partial charge in [0, 0.05) is 38.3 Å². The molecule has 1 aliphatic heterocycles. The molecule has 0 bridgehead atoms. The number of anilines is 1. The van der Waals surface area contributed by atoms with E-state index in [1.807, 2.05) is 12.1 Å². The molecule has 0 saturated carbocycles. The predicted octanol–water partition coefficient (Wildman–Crippen LogP) is 2.50. The van der Waals surface area contributed by atoms with Crippen molar-refractivity contribution in [1.29, 1.82) is 0 Å². The number of hydrogen-bond donors (Lipinski definition) is 1. The van der Waals surface area contributed by atoms with Crippen LogP contribution in [-0.2, 0) is 11.3 Å². The smallest absolute Gasteiger partial charge is 0.220 e. The number of rotatable bonds is 7. The Bertz CT molecular complexity index is 605. The van der Waals surface area contributed by atoms with Crippen LogP contribution >= 0.6 is 0 Å². The maximum Gasteiger partial charge on any atom is 0.220 e. The van der Waals surface area contributed by atoms with Crippen molar-refractivity contribution in [3.63, 3.8) is 0 Å². The van der Waals surface area contributed by atoms with Crippen molar-refractivity contribution < 1.29 is 9.21 Å². The van der Waals surface area contributed by atoms with Crippen LogP contribution in [0.5, 0.6) is 0 Å². The van der Waals surface area contributed by atoms with E-state index in [9.17, 15) is 4.79 Å². The molecule has 1 saturated heterocycles. The number of piperazine rings is 1. The molecular formula is C19H25N3O2. The van der Waals surface area contributed by atoms with Gasteiger partial charge < -0.3 is 14.6 Å². The summed E-state index contributed by atoms with van der Waals surface area (Å²) in [6.07, 6.45) is 3.09. The highest BCUT2D eigenvalue weighted by molar-refractivity contribution is 5.75. The molecule has 0 atom stereocenters. The number of nitrogens with zero attached hydrogens (tertiary/aromatic N) is 2. The monoisotopic (exact) mass is 327 g/mol. The molecule has 5 nitrogen and oxygen atoms in total. The van der Waals surface area contributed by atoms with Gasteiger partial charge in [-0.3, -0.25) is 9.69 Å². The van der Waals surface area contributed by atoms with Gasteiger partial charge >= 0.3 is 0 Å². The third kappa shape index (κ3) is 4.86. The molecule has 5 heteroatoms. The minimum absolute atomic E-state index is 0.0920. The van der Waals surface area contributed by atoms with Gasteiger partial charge in [-0.2, -0.15) is 0 Å². The maximum atomic E-state index is 11.8. The number of carbonyl (C=O) groups excluding carboxylic acids is 1. The summed E-state index contributed by atoms with van der Waals surface area (Å²) in [5.74, 6) is 0.884. The van der Waals surface area contributed by atoms with Crippen molar-refractivity contribution in [1.82, 2.24) is 10.2 Å². The zero-order valence-corrected chi connectivity index (χ0v) is 14.0. The highest BCUT2D eigenvalue weighted by atomic mass is 16.3. The number of para-hydroxylation sites is 1.